The van der Waals surface area contributed by atoms with Gasteiger partial charge in [-0.25, -0.2) is 14.0 Å². The Kier molecular flexibility index (Phi) is 8.42. The lowest BCUT2D eigenvalue weighted by molar-refractivity contribution is -0.113. The Morgan fingerprint density at radius 3 is 2.20 bits per heavy atom. The van der Waals surface area contributed by atoms with E-state index in [9.17, 15) is 18.8 Å². The van der Waals surface area contributed by atoms with Crippen molar-refractivity contribution in [2.24, 2.45) is 7.05 Å². The zero-order chi connectivity index (χ0) is 25.5. The normalized spacial score (nSPS) is 11.5. The second kappa shape index (κ2) is 11.5. The number of carbonyl (C=O) groups is 3. The van der Waals surface area contributed by atoms with Crippen LogP contribution < -0.4 is 10.1 Å². The van der Waals surface area contributed by atoms with Crippen LogP contribution in [-0.2, 0) is 21.3 Å². The topological polar surface area (TPSA) is 122 Å². The van der Waals surface area contributed by atoms with Crippen LogP contribution in [-0.4, -0.2) is 52.6 Å². The molecule has 0 saturated carbocycles. The summed E-state index contributed by atoms with van der Waals surface area (Å²) in [5.41, 5.74) is 0.414. The number of hydrogen-bond donors (Lipinski definition) is 1. The van der Waals surface area contributed by atoms with E-state index < -0.39 is 23.9 Å². The average Bonchev–Trinajstić information content (AvgIpc) is 3.23. The van der Waals surface area contributed by atoms with E-state index in [1.807, 2.05) is 0 Å². The molecule has 0 saturated heterocycles. The van der Waals surface area contributed by atoms with Gasteiger partial charge in [0, 0.05) is 12.7 Å². The number of carbonyl (C=O) groups excluding carboxylic acids is 3. The summed E-state index contributed by atoms with van der Waals surface area (Å²) in [5, 5.41) is 11.4. The number of ether oxygens (including phenoxy) is 3. The maximum Gasteiger partial charge on any atom is 0.337 e. The van der Waals surface area contributed by atoms with Crippen LogP contribution >= 0.6 is 11.8 Å². The quantitative estimate of drug-likeness (QED) is 0.346. The Bertz CT molecular complexity index is 1200. The largest absolute Gasteiger partial charge is 0.483 e. The second-order valence-corrected chi connectivity index (χ2v) is 8.18. The molecule has 0 aliphatic heterocycles. The van der Waals surface area contributed by atoms with Gasteiger partial charge < -0.3 is 24.1 Å². The van der Waals surface area contributed by atoms with Crippen molar-refractivity contribution < 1.29 is 33.0 Å². The minimum Gasteiger partial charge on any atom is -0.483 e. The highest BCUT2D eigenvalue weighted by atomic mass is 32.2. The molecule has 1 aromatic heterocycles. The van der Waals surface area contributed by atoms with Crippen molar-refractivity contribution in [2.75, 3.05) is 25.3 Å². The molecule has 0 spiro atoms. The van der Waals surface area contributed by atoms with E-state index in [1.54, 1.807) is 18.5 Å². The van der Waals surface area contributed by atoms with Crippen LogP contribution in [0, 0.1) is 5.82 Å². The van der Waals surface area contributed by atoms with Gasteiger partial charge in [0.05, 0.1) is 31.1 Å². The van der Waals surface area contributed by atoms with Crippen LogP contribution in [0.1, 0.15) is 39.6 Å². The Morgan fingerprint density at radius 2 is 1.63 bits per heavy atom. The number of aromatic nitrogens is 3. The molecule has 10 nitrogen and oxygen atoms in total. The number of halogens is 1. The van der Waals surface area contributed by atoms with Gasteiger partial charge in [-0.05, 0) is 49.4 Å². The van der Waals surface area contributed by atoms with Crippen molar-refractivity contribution in [3.63, 3.8) is 0 Å². The molecule has 3 aromatic rings. The molecule has 1 unspecified atom stereocenters. The van der Waals surface area contributed by atoms with Crippen molar-refractivity contribution in [2.45, 2.75) is 18.2 Å². The van der Waals surface area contributed by atoms with E-state index in [-0.39, 0.29) is 28.4 Å². The molecular formula is C23H23FN4O6S. The molecule has 1 heterocycles. The van der Waals surface area contributed by atoms with Crippen molar-refractivity contribution in [1.29, 1.82) is 0 Å². The molecule has 0 aliphatic rings. The van der Waals surface area contributed by atoms with E-state index in [1.165, 1.54) is 56.7 Å². The van der Waals surface area contributed by atoms with Gasteiger partial charge in [0.1, 0.15) is 11.6 Å². The smallest absolute Gasteiger partial charge is 0.337 e. The van der Waals surface area contributed by atoms with Gasteiger partial charge in [-0.15, -0.1) is 10.2 Å². The molecule has 0 radical (unpaired) electrons. The molecule has 12 heteroatoms. The first-order valence-corrected chi connectivity index (χ1v) is 11.3. The van der Waals surface area contributed by atoms with E-state index in [4.69, 9.17) is 14.2 Å². The SMILES string of the molecule is COC(=O)c1cc(NC(=O)CSc2nnc(C(C)Oc3ccc(F)cc3)n2C)cc(C(=O)OC)c1. The molecule has 0 bridgehead atoms. The zero-order valence-corrected chi connectivity index (χ0v) is 20.2. The van der Waals surface area contributed by atoms with Crippen LogP contribution in [0.2, 0.25) is 0 Å². The summed E-state index contributed by atoms with van der Waals surface area (Å²) in [4.78, 5) is 36.4. The molecule has 3 rings (SSSR count). The summed E-state index contributed by atoms with van der Waals surface area (Å²) in [6.45, 7) is 1.78. The maximum atomic E-state index is 13.1. The molecule has 1 amide bonds. The van der Waals surface area contributed by atoms with Crippen molar-refractivity contribution in [1.82, 2.24) is 14.8 Å². The molecule has 184 valence electrons. The van der Waals surface area contributed by atoms with E-state index in [2.05, 4.69) is 15.5 Å². The lowest BCUT2D eigenvalue weighted by atomic mass is 10.1. The summed E-state index contributed by atoms with van der Waals surface area (Å²) in [5.74, 6) is -1.10. The Labute approximate surface area is 204 Å². The highest BCUT2D eigenvalue weighted by Gasteiger charge is 2.19. The third-order valence-corrected chi connectivity index (χ3v) is 5.77. The number of amides is 1. The number of methoxy groups -OCH3 is 2. The fourth-order valence-electron chi connectivity index (χ4n) is 3.07. The van der Waals surface area contributed by atoms with Gasteiger partial charge in [-0.1, -0.05) is 11.8 Å². The standard InChI is InChI=1S/C23H23FN4O6S/c1-13(34-18-7-5-16(24)6-8-18)20-26-27-23(28(20)2)35-12-19(29)25-17-10-14(21(30)32-3)9-15(11-17)22(31)33-4/h5-11,13H,12H2,1-4H3,(H,25,29). The summed E-state index contributed by atoms with van der Waals surface area (Å²) in [7, 11) is 4.16. The molecular weight excluding hydrogens is 479 g/mol. The third kappa shape index (κ3) is 6.57. The zero-order valence-electron chi connectivity index (χ0n) is 19.4. The Morgan fingerprint density at radius 1 is 1.03 bits per heavy atom. The lowest BCUT2D eigenvalue weighted by Crippen LogP contribution is -2.16. The first-order chi connectivity index (χ1) is 16.7. The summed E-state index contributed by atoms with van der Waals surface area (Å²) >= 11 is 1.14. The van der Waals surface area contributed by atoms with Crippen LogP contribution in [0.4, 0.5) is 10.1 Å². The highest BCUT2D eigenvalue weighted by Crippen LogP contribution is 2.24. The molecule has 0 aliphatic carbocycles. The number of nitrogens with one attached hydrogen (secondary N) is 1. The first kappa shape index (κ1) is 25.7. The molecule has 2 aromatic carbocycles. The molecule has 1 N–H and O–H groups in total. The van der Waals surface area contributed by atoms with Gasteiger partial charge in [-0.2, -0.15) is 0 Å². The van der Waals surface area contributed by atoms with Gasteiger partial charge in [0.25, 0.3) is 0 Å². The summed E-state index contributed by atoms with van der Waals surface area (Å²) in [6, 6.07) is 9.75. The van der Waals surface area contributed by atoms with Gasteiger partial charge in [0.2, 0.25) is 5.91 Å². The van der Waals surface area contributed by atoms with Crippen molar-refractivity contribution >= 4 is 35.3 Å². The Balaban J connectivity index is 1.65. The lowest BCUT2D eigenvalue weighted by Gasteiger charge is -2.14. The van der Waals surface area contributed by atoms with Crippen molar-refractivity contribution in [3.05, 3.63) is 65.2 Å². The van der Waals surface area contributed by atoms with Crippen molar-refractivity contribution in [3.8, 4) is 5.75 Å². The summed E-state index contributed by atoms with van der Waals surface area (Å²) < 4.78 is 29.9. The number of anilines is 1. The number of esters is 2. The molecule has 1 atom stereocenters. The average molecular weight is 503 g/mol. The van der Waals surface area contributed by atoms with Crippen LogP contribution in [0.3, 0.4) is 0 Å². The van der Waals surface area contributed by atoms with Crippen LogP contribution in [0.15, 0.2) is 47.6 Å². The number of rotatable bonds is 9. The molecule has 35 heavy (non-hydrogen) atoms. The number of hydrogen-bond acceptors (Lipinski definition) is 9. The third-order valence-electron chi connectivity index (χ3n) is 4.75. The summed E-state index contributed by atoms with van der Waals surface area (Å²) in [6.07, 6.45) is -0.473. The number of nitrogens with zero attached hydrogens (tertiary/aromatic N) is 3. The van der Waals surface area contributed by atoms with Crippen LogP contribution in [0.5, 0.6) is 5.75 Å². The second-order valence-electron chi connectivity index (χ2n) is 7.23. The predicted octanol–water partition coefficient (Wildman–Crippen LogP) is 3.40. The van der Waals surface area contributed by atoms with Gasteiger partial charge >= 0.3 is 11.9 Å². The first-order valence-electron chi connectivity index (χ1n) is 10.3. The number of thioether (sulfide) groups is 1. The fraction of sp³-hybridized carbons (Fsp3) is 0.261. The minimum atomic E-state index is -0.663. The van der Waals surface area contributed by atoms with Crippen LogP contribution in [0.25, 0.3) is 0 Å². The predicted molar refractivity (Wildman–Crippen MR) is 125 cm³/mol. The highest BCUT2D eigenvalue weighted by molar-refractivity contribution is 7.99. The number of benzene rings is 2. The van der Waals surface area contributed by atoms with E-state index >= 15 is 0 Å². The molecule has 0 fully saturated rings. The van der Waals surface area contributed by atoms with E-state index in [0.29, 0.717) is 16.7 Å². The van der Waals surface area contributed by atoms with E-state index in [0.717, 1.165) is 11.8 Å². The minimum absolute atomic E-state index is 0.0187. The van der Waals surface area contributed by atoms with Gasteiger partial charge in [0.15, 0.2) is 17.1 Å². The maximum absolute atomic E-state index is 13.1. The fourth-order valence-corrected chi connectivity index (χ4v) is 3.79. The monoisotopic (exact) mass is 502 g/mol. The van der Waals surface area contributed by atoms with Gasteiger partial charge in [-0.3, -0.25) is 4.79 Å². The Hall–Kier alpha value is -3.93.